The molecule has 0 spiro atoms. The summed E-state index contributed by atoms with van der Waals surface area (Å²) in [5, 5.41) is 10.6. The van der Waals surface area contributed by atoms with Gasteiger partial charge in [-0.25, -0.2) is 0 Å². The lowest BCUT2D eigenvalue weighted by atomic mass is 9.63. The fourth-order valence-corrected chi connectivity index (χ4v) is 4.33. The Labute approximate surface area is 114 Å². The standard InChI is InChI=1S/C16H21ClO/c1-16-6-4-2-3-5-11(10-16)7-13-14(16)8-12(18)9-15(13)17/h8-9,11,18H,2-7,10H2,1H3. The summed E-state index contributed by atoms with van der Waals surface area (Å²) in [5.74, 6) is 1.10. The lowest BCUT2D eigenvalue weighted by molar-refractivity contribution is 0.245. The third-order valence-electron chi connectivity index (χ3n) is 4.90. The third-order valence-corrected chi connectivity index (χ3v) is 5.24. The van der Waals surface area contributed by atoms with E-state index in [9.17, 15) is 5.11 Å². The van der Waals surface area contributed by atoms with Gasteiger partial charge in [0.1, 0.15) is 5.75 Å². The number of hydrogen-bond donors (Lipinski definition) is 1. The highest BCUT2D eigenvalue weighted by Gasteiger charge is 2.38. The van der Waals surface area contributed by atoms with Gasteiger partial charge in [0.05, 0.1) is 0 Å². The summed E-state index contributed by atoms with van der Waals surface area (Å²) in [4.78, 5) is 0. The Balaban J connectivity index is 2.11. The Morgan fingerprint density at radius 1 is 1.28 bits per heavy atom. The summed E-state index contributed by atoms with van der Waals surface area (Å²) < 4.78 is 0. The first-order chi connectivity index (χ1) is 8.58. The number of benzene rings is 1. The van der Waals surface area contributed by atoms with Crippen molar-refractivity contribution >= 4 is 11.6 Å². The van der Waals surface area contributed by atoms with E-state index in [0.29, 0.717) is 5.75 Å². The molecule has 2 bridgehead atoms. The van der Waals surface area contributed by atoms with Gasteiger partial charge >= 0.3 is 0 Å². The van der Waals surface area contributed by atoms with Crippen molar-refractivity contribution in [2.75, 3.05) is 0 Å². The van der Waals surface area contributed by atoms with Crippen molar-refractivity contribution in [1.29, 1.82) is 0 Å². The molecule has 0 heterocycles. The van der Waals surface area contributed by atoms with Crippen molar-refractivity contribution in [3.05, 3.63) is 28.3 Å². The van der Waals surface area contributed by atoms with Gasteiger partial charge in [0.15, 0.2) is 0 Å². The highest BCUT2D eigenvalue weighted by atomic mass is 35.5. The zero-order valence-electron chi connectivity index (χ0n) is 11.0. The Bertz CT molecular complexity index is 468. The maximum absolute atomic E-state index is 9.82. The van der Waals surface area contributed by atoms with E-state index in [2.05, 4.69) is 6.92 Å². The first kappa shape index (κ1) is 12.3. The van der Waals surface area contributed by atoms with E-state index in [-0.39, 0.29) is 5.41 Å². The molecule has 98 valence electrons. The molecule has 1 fully saturated rings. The predicted molar refractivity (Wildman–Crippen MR) is 75.4 cm³/mol. The van der Waals surface area contributed by atoms with Crippen LogP contribution in [0, 0.1) is 5.92 Å². The summed E-state index contributed by atoms with van der Waals surface area (Å²) in [7, 11) is 0. The third kappa shape index (κ3) is 2.03. The highest BCUT2D eigenvalue weighted by molar-refractivity contribution is 6.31. The second-order valence-corrected chi connectivity index (χ2v) is 6.80. The molecule has 2 aliphatic rings. The maximum Gasteiger partial charge on any atom is 0.117 e. The zero-order chi connectivity index (χ0) is 12.8. The minimum atomic E-state index is 0.223. The van der Waals surface area contributed by atoms with Crippen LogP contribution in [0.15, 0.2) is 12.1 Å². The normalized spacial score (nSPS) is 31.3. The second kappa shape index (κ2) is 4.45. The molecule has 1 saturated carbocycles. The Morgan fingerprint density at radius 2 is 2.11 bits per heavy atom. The molecule has 1 aromatic carbocycles. The van der Waals surface area contributed by atoms with Crippen LogP contribution >= 0.6 is 11.6 Å². The van der Waals surface area contributed by atoms with Crippen molar-refractivity contribution in [3.63, 3.8) is 0 Å². The fraction of sp³-hybridized carbons (Fsp3) is 0.625. The van der Waals surface area contributed by atoms with Gasteiger partial charge in [-0.3, -0.25) is 0 Å². The molecule has 0 aromatic heterocycles. The first-order valence-corrected chi connectivity index (χ1v) is 7.48. The predicted octanol–water partition coefficient (Wildman–Crippen LogP) is 4.83. The van der Waals surface area contributed by atoms with Gasteiger partial charge in [-0.1, -0.05) is 44.2 Å². The van der Waals surface area contributed by atoms with Gasteiger partial charge in [-0.15, -0.1) is 0 Å². The lowest BCUT2D eigenvalue weighted by Crippen LogP contribution is -2.33. The SMILES string of the molecule is CC12CCCCCC(Cc3c(Cl)cc(O)cc31)C2. The molecule has 1 N–H and O–H groups in total. The van der Waals surface area contributed by atoms with Gasteiger partial charge in [0.25, 0.3) is 0 Å². The average Bonchev–Trinajstić information content (AvgIpc) is 2.28. The van der Waals surface area contributed by atoms with E-state index in [1.54, 1.807) is 6.07 Å². The van der Waals surface area contributed by atoms with Crippen LogP contribution in [0.2, 0.25) is 5.02 Å². The van der Waals surface area contributed by atoms with Crippen LogP contribution in [0.1, 0.15) is 56.6 Å². The molecule has 2 aliphatic carbocycles. The minimum Gasteiger partial charge on any atom is -0.508 e. The Kier molecular flexibility index (Phi) is 3.05. The average molecular weight is 265 g/mol. The number of phenols is 1. The summed E-state index contributed by atoms with van der Waals surface area (Å²) in [6.45, 7) is 2.36. The molecule has 0 amide bonds. The molecule has 1 aromatic rings. The van der Waals surface area contributed by atoms with Gasteiger partial charge in [0, 0.05) is 5.02 Å². The van der Waals surface area contributed by atoms with Crippen molar-refractivity contribution in [1.82, 2.24) is 0 Å². The van der Waals surface area contributed by atoms with Crippen LogP contribution in [-0.2, 0) is 11.8 Å². The summed E-state index contributed by atoms with van der Waals surface area (Å²) in [5.41, 5.74) is 2.84. The van der Waals surface area contributed by atoms with Crippen LogP contribution in [0.5, 0.6) is 5.75 Å². The van der Waals surface area contributed by atoms with E-state index in [4.69, 9.17) is 11.6 Å². The monoisotopic (exact) mass is 264 g/mol. The number of aromatic hydroxyl groups is 1. The molecule has 0 radical (unpaired) electrons. The molecule has 0 saturated heterocycles. The van der Waals surface area contributed by atoms with E-state index < -0.39 is 0 Å². The maximum atomic E-state index is 9.82. The van der Waals surface area contributed by atoms with Gasteiger partial charge in [-0.2, -0.15) is 0 Å². The fourth-order valence-electron chi connectivity index (χ4n) is 4.04. The van der Waals surface area contributed by atoms with Gasteiger partial charge < -0.3 is 5.11 Å². The van der Waals surface area contributed by atoms with E-state index in [1.165, 1.54) is 49.7 Å². The summed E-state index contributed by atoms with van der Waals surface area (Å²) in [6, 6.07) is 3.66. The van der Waals surface area contributed by atoms with E-state index in [1.807, 2.05) is 6.07 Å². The summed E-state index contributed by atoms with van der Waals surface area (Å²) in [6.07, 6.45) is 8.96. The van der Waals surface area contributed by atoms with Crippen LogP contribution in [-0.4, -0.2) is 5.11 Å². The van der Waals surface area contributed by atoms with Crippen LogP contribution in [0.25, 0.3) is 0 Å². The smallest absolute Gasteiger partial charge is 0.117 e. The van der Waals surface area contributed by atoms with Crippen molar-refractivity contribution in [2.24, 2.45) is 5.92 Å². The molecule has 0 aliphatic heterocycles. The molecular formula is C16H21ClO. The number of hydrogen-bond acceptors (Lipinski definition) is 1. The molecular weight excluding hydrogens is 244 g/mol. The number of phenolic OH excluding ortho intramolecular Hbond substituents is 1. The van der Waals surface area contributed by atoms with Gasteiger partial charge in [0.2, 0.25) is 0 Å². The highest BCUT2D eigenvalue weighted by Crippen LogP contribution is 2.48. The van der Waals surface area contributed by atoms with Crippen molar-refractivity contribution in [2.45, 2.75) is 57.3 Å². The number of rotatable bonds is 0. The molecule has 2 atom stereocenters. The van der Waals surface area contributed by atoms with E-state index in [0.717, 1.165) is 17.4 Å². The van der Waals surface area contributed by atoms with Crippen molar-refractivity contribution < 1.29 is 5.11 Å². The lowest BCUT2D eigenvalue weighted by Gasteiger charge is -2.42. The molecule has 2 unspecified atom stereocenters. The topological polar surface area (TPSA) is 20.2 Å². The summed E-state index contributed by atoms with van der Waals surface area (Å²) >= 11 is 6.36. The molecule has 1 nitrogen and oxygen atoms in total. The first-order valence-electron chi connectivity index (χ1n) is 7.10. The molecule has 3 rings (SSSR count). The van der Waals surface area contributed by atoms with Crippen LogP contribution in [0.4, 0.5) is 0 Å². The van der Waals surface area contributed by atoms with Crippen LogP contribution in [0.3, 0.4) is 0 Å². The molecule has 2 heteroatoms. The van der Waals surface area contributed by atoms with E-state index >= 15 is 0 Å². The quantitative estimate of drug-likeness (QED) is 0.712. The van der Waals surface area contributed by atoms with Crippen LogP contribution < -0.4 is 0 Å². The number of fused-ring (bicyclic) bond motifs is 4. The Hall–Kier alpha value is -0.690. The largest absolute Gasteiger partial charge is 0.508 e. The zero-order valence-corrected chi connectivity index (χ0v) is 11.8. The molecule has 18 heavy (non-hydrogen) atoms. The second-order valence-electron chi connectivity index (χ2n) is 6.39. The minimum absolute atomic E-state index is 0.223. The Morgan fingerprint density at radius 3 is 2.94 bits per heavy atom. The van der Waals surface area contributed by atoms with Crippen molar-refractivity contribution in [3.8, 4) is 5.75 Å². The van der Waals surface area contributed by atoms with Gasteiger partial charge in [-0.05, 0) is 53.9 Å². The number of halogens is 1.